The second-order valence-electron chi connectivity index (χ2n) is 6.71. The Bertz CT molecular complexity index is 908. The molecule has 1 aromatic carbocycles. The molecule has 1 atom stereocenters. The molecule has 0 unspecified atom stereocenters. The number of rotatable bonds is 6. The van der Waals surface area contributed by atoms with E-state index in [-0.39, 0.29) is 17.4 Å². The molecule has 2 heterocycles. The number of aromatic nitrogens is 1. The molecule has 0 aliphatic carbocycles. The average molecular weight is 375 g/mol. The van der Waals surface area contributed by atoms with Crippen LogP contribution in [0.15, 0.2) is 16.9 Å². The van der Waals surface area contributed by atoms with Crippen molar-refractivity contribution >= 4 is 16.8 Å². The highest BCUT2D eigenvalue weighted by Gasteiger charge is 2.25. The predicted molar refractivity (Wildman–Crippen MR) is 101 cm³/mol. The van der Waals surface area contributed by atoms with Crippen LogP contribution in [0.2, 0.25) is 0 Å². The van der Waals surface area contributed by atoms with Crippen LogP contribution < -0.4 is 25.5 Å². The summed E-state index contributed by atoms with van der Waals surface area (Å²) in [6, 6.07) is 3.52. The number of aromatic amines is 1. The highest BCUT2D eigenvalue weighted by molar-refractivity contribution is 5.90. The van der Waals surface area contributed by atoms with Crippen molar-refractivity contribution in [2.45, 2.75) is 19.4 Å². The number of piperidine rings is 1. The Morgan fingerprint density at radius 1 is 1.22 bits per heavy atom. The number of benzene rings is 1. The number of H-pyrrole nitrogens is 1. The molecule has 0 bridgehead atoms. The summed E-state index contributed by atoms with van der Waals surface area (Å²) in [5.41, 5.74) is 6.47. The first-order valence-electron chi connectivity index (χ1n) is 8.85. The lowest BCUT2D eigenvalue weighted by atomic mass is 9.97. The standard InChI is InChI=1S/C19H25N3O5/c1-25-15-8-14-13(16(26-2)17(15)27-3)7-12(19(24)21-14)10-22-6-4-5-11(9-22)18(20)23/h7-8,11H,4-6,9-10H2,1-3H3,(H2,20,23)(H,21,24)/t11-/m1/s1. The first-order valence-corrected chi connectivity index (χ1v) is 8.85. The van der Waals surface area contributed by atoms with Gasteiger partial charge in [-0.2, -0.15) is 0 Å². The van der Waals surface area contributed by atoms with E-state index in [1.165, 1.54) is 14.2 Å². The number of hydrogen-bond donors (Lipinski definition) is 2. The van der Waals surface area contributed by atoms with Crippen LogP contribution in [-0.4, -0.2) is 50.2 Å². The Morgan fingerprint density at radius 2 is 1.96 bits per heavy atom. The first kappa shape index (κ1) is 19.0. The number of methoxy groups -OCH3 is 3. The maximum absolute atomic E-state index is 12.6. The van der Waals surface area contributed by atoms with Crippen LogP contribution in [0, 0.1) is 5.92 Å². The number of ether oxygens (including phenoxy) is 3. The maximum atomic E-state index is 12.6. The molecule has 8 nitrogen and oxygen atoms in total. The van der Waals surface area contributed by atoms with E-state index in [9.17, 15) is 9.59 Å². The Balaban J connectivity index is 2.00. The summed E-state index contributed by atoms with van der Waals surface area (Å²) in [4.78, 5) is 29.1. The van der Waals surface area contributed by atoms with Gasteiger partial charge in [0.05, 0.1) is 32.8 Å². The van der Waals surface area contributed by atoms with E-state index in [4.69, 9.17) is 19.9 Å². The van der Waals surface area contributed by atoms with E-state index in [2.05, 4.69) is 9.88 Å². The van der Waals surface area contributed by atoms with Crippen molar-refractivity contribution in [2.24, 2.45) is 11.7 Å². The molecule has 0 radical (unpaired) electrons. The second kappa shape index (κ2) is 7.87. The Hall–Kier alpha value is -2.74. The molecule has 3 rings (SSSR count). The fourth-order valence-corrected chi connectivity index (χ4v) is 3.66. The zero-order valence-corrected chi connectivity index (χ0v) is 15.8. The molecule has 0 spiro atoms. The third-order valence-electron chi connectivity index (χ3n) is 5.03. The van der Waals surface area contributed by atoms with Gasteiger partial charge >= 0.3 is 0 Å². The van der Waals surface area contributed by atoms with Crippen molar-refractivity contribution in [3.8, 4) is 17.2 Å². The second-order valence-corrected chi connectivity index (χ2v) is 6.71. The number of nitrogens with zero attached hydrogens (tertiary/aromatic N) is 1. The smallest absolute Gasteiger partial charge is 0.252 e. The summed E-state index contributed by atoms with van der Waals surface area (Å²) in [5.74, 6) is 0.989. The molecule has 27 heavy (non-hydrogen) atoms. The van der Waals surface area contributed by atoms with Crippen molar-refractivity contribution in [1.29, 1.82) is 0 Å². The summed E-state index contributed by atoms with van der Waals surface area (Å²) in [7, 11) is 4.61. The number of nitrogens with one attached hydrogen (secondary N) is 1. The van der Waals surface area contributed by atoms with Crippen molar-refractivity contribution in [3.05, 3.63) is 28.0 Å². The third-order valence-corrected chi connectivity index (χ3v) is 5.03. The van der Waals surface area contributed by atoms with E-state index in [1.54, 1.807) is 13.2 Å². The number of nitrogens with two attached hydrogens (primary N) is 1. The largest absolute Gasteiger partial charge is 0.493 e. The predicted octanol–water partition coefficient (Wildman–Crippen LogP) is 1.25. The van der Waals surface area contributed by atoms with E-state index in [1.807, 2.05) is 6.07 Å². The molecule has 1 aliphatic heterocycles. The lowest BCUT2D eigenvalue weighted by Crippen LogP contribution is -2.41. The zero-order chi connectivity index (χ0) is 19.6. The van der Waals surface area contributed by atoms with Gasteiger partial charge in [0.1, 0.15) is 0 Å². The number of carbonyl (C=O) groups excluding carboxylic acids is 1. The van der Waals surface area contributed by atoms with Crippen LogP contribution in [0.25, 0.3) is 10.9 Å². The minimum absolute atomic E-state index is 0.169. The van der Waals surface area contributed by atoms with Crippen LogP contribution in [0.4, 0.5) is 0 Å². The molecular weight excluding hydrogens is 350 g/mol. The van der Waals surface area contributed by atoms with Crippen molar-refractivity contribution < 1.29 is 19.0 Å². The van der Waals surface area contributed by atoms with Crippen LogP contribution in [0.5, 0.6) is 17.2 Å². The highest BCUT2D eigenvalue weighted by Crippen LogP contribution is 2.42. The number of pyridine rings is 1. The van der Waals surface area contributed by atoms with Gasteiger partial charge in [-0.3, -0.25) is 14.5 Å². The van der Waals surface area contributed by atoms with E-state index < -0.39 is 0 Å². The molecule has 1 amide bonds. The van der Waals surface area contributed by atoms with Gasteiger partial charge in [-0.15, -0.1) is 0 Å². The highest BCUT2D eigenvalue weighted by atomic mass is 16.5. The fourth-order valence-electron chi connectivity index (χ4n) is 3.66. The van der Waals surface area contributed by atoms with E-state index in [0.29, 0.717) is 41.4 Å². The number of primary amides is 1. The quantitative estimate of drug-likeness (QED) is 0.787. The molecule has 1 aromatic heterocycles. The molecule has 1 saturated heterocycles. The first-order chi connectivity index (χ1) is 13.0. The van der Waals surface area contributed by atoms with Gasteiger partial charge in [-0.1, -0.05) is 0 Å². The summed E-state index contributed by atoms with van der Waals surface area (Å²) in [6.45, 7) is 1.83. The molecule has 8 heteroatoms. The number of fused-ring (bicyclic) bond motifs is 1. The number of amides is 1. The topological polar surface area (TPSA) is 107 Å². The van der Waals surface area contributed by atoms with Gasteiger partial charge in [-0.25, -0.2) is 0 Å². The minimum Gasteiger partial charge on any atom is -0.493 e. The summed E-state index contributed by atoms with van der Waals surface area (Å²) in [6.07, 6.45) is 1.68. The molecular formula is C19H25N3O5. The Kier molecular flexibility index (Phi) is 5.55. The molecule has 3 N–H and O–H groups in total. The van der Waals surface area contributed by atoms with Gasteiger partial charge in [0.25, 0.3) is 5.56 Å². The molecule has 1 fully saturated rings. The summed E-state index contributed by atoms with van der Waals surface area (Å²) >= 11 is 0. The van der Waals surface area contributed by atoms with E-state index >= 15 is 0 Å². The normalized spacial score (nSPS) is 17.7. The lowest BCUT2D eigenvalue weighted by Gasteiger charge is -2.30. The summed E-state index contributed by atoms with van der Waals surface area (Å²) in [5, 5.41) is 0.730. The van der Waals surface area contributed by atoms with Crippen molar-refractivity contribution in [1.82, 2.24) is 9.88 Å². The third kappa shape index (κ3) is 3.71. The van der Waals surface area contributed by atoms with Gasteiger partial charge < -0.3 is 24.9 Å². The number of likely N-dealkylation sites (tertiary alicyclic amines) is 1. The Morgan fingerprint density at radius 3 is 2.59 bits per heavy atom. The van der Waals surface area contributed by atoms with Crippen LogP contribution >= 0.6 is 0 Å². The summed E-state index contributed by atoms with van der Waals surface area (Å²) < 4.78 is 16.3. The van der Waals surface area contributed by atoms with Gasteiger partial charge in [0.2, 0.25) is 11.7 Å². The number of hydrogen-bond acceptors (Lipinski definition) is 6. The van der Waals surface area contributed by atoms with E-state index in [0.717, 1.165) is 24.8 Å². The van der Waals surface area contributed by atoms with Gasteiger partial charge in [0, 0.05) is 30.1 Å². The number of carbonyl (C=O) groups is 1. The SMILES string of the molecule is COc1cc2[nH]c(=O)c(CN3CCC[C@@H](C(N)=O)C3)cc2c(OC)c1OC. The van der Waals surface area contributed by atoms with Gasteiger partial charge in [0.15, 0.2) is 11.5 Å². The van der Waals surface area contributed by atoms with Gasteiger partial charge in [-0.05, 0) is 25.5 Å². The average Bonchev–Trinajstić information content (AvgIpc) is 2.67. The van der Waals surface area contributed by atoms with Crippen LogP contribution in [-0.2, 0) is 11.3 Å². The van der Waals surface area contributed by atoms with Crippen LogP contribution in [0.3, 0.4) is 0 Å². The lowest BCUT2D eigenvalue weighted by molar-refractivity contribution is -0.123. The zero-order valence-electron chi connectivity index (χ0n) is 15.8. The van der Waals surface area contributed by atoms with Crippen LogP contribution in [0.1, 0.15) is 18.4 Å². The maximum Gasteiger partial charge on any atom is 0.252 e. The minimum atomic E-state index is -0.286. The molecule has 0 saturated carbocycles. The van der Waals surface area contributed by atoms with Crippen molar-refractivity contribution in [3.63, 3.8) is 0 Å². The molecule has 2 aromatic rings. The fraction of sp³-hybridized carbons (Fsp3) is 0.474. The van der Waals surface area contributed by atoms with Crippen molar-refractivity contribution in [2.75, 3.05) is 34.4 Å². The molecule has 1 aliphatic rings. The monoisotopic (exact) mass is 375 g/mol. The molecule has 146 valence electrons. The Labute approximate surface area is 157 Å².